The Balaban J connectivity index is 3.24. The van der Waals surface area contributed by atoms with Crippen molar-refractivity contribution in [3.63, 3.8) is 0 Å². The van der Waals surface area contributed by atoms with Gasteiger partial charge in [-0.3, -0.25) is 4.68 Å². The first-order valence-corrected chi connectivity index (χ1v) is 2.59. The highest BCUT2D eigenvalue weighted by atomic mass is 15.3. The topological polar surface area (TPSA) is 46.0 Å². The molecule has 0 saturated carbocycles. The minimum atomic E-state index is 0.525. The Morgan fingerprint density at radius 3 is 2.67 bits per heavy atom. The van der Waals surface area contributed by atoms with Crippen LogP contribution in [0.2, 0.25) is 0 Å². The van der Waals surface area contributed by atoms with E-state index in [4.69, 9.17) is 5.39 Å². The van der Waals surface area contributed by atoms with Crippen LogP contribution in [0.3, 0.4) is 0 Å². The fraction of sp³-hybridized carbons (Fsp3) is 0.400. The molecule has 0 spiro atoms. The van der Waals surface area contributed by atoms with Crippen molar-refractivity contribution in [3.05, 3.63) is 16.9 Å². The van der Waals surface area contributed by atoms with Gasteiger partial charge in [0.1, 0.15) is 11.9 Å². The molecule has 1 rings (SSSR count). The average Bonchev–Trinajstić information content (AvgIpc) is 2.15. The lowest BCUT2D eigenvalue weighted by Crippen LogP contribution is -1.90. The van der Waals surface area contributed by atoms with Crippen LogP contribution in [0.5, 0.6) is 0 Å². The molecule has 0 aromatic carbocycles. The highest BCUT2D eigenvalue weighted by Gasteiger charge is 2.12. The predicted octanol–water partition coefficient (Wildman–Crippen LogP) is 1.21. The maximum atomic E-state index is 8.30. The summed E-state index contributed by atoms with van der Waals surface area (Å²) in [6, 6.07) is 0. The van der Waals surface area contributed by atoms with Gasteiger partial charge in [0.15, 0.2) is 4.98 Å². The largest absolute Gasteiger partial charge is 0.425 e. The molecule has 0 unspecified atom stereocenters. The van der Waals surface area contributed by atoms with Crippen LogP contribution in [0.25, 0.3) is 4.98 Å². The molecule has 1 heterocycles. The molecule has 0 aliphatic heterocycles. The molecule has 0 saturated heterocycles. The highest BCUT2D eigenvalue weighted by Crippen LogP contribution is 2.14. The first-order chi connectivity index (χ1) is 4.25. The van der Waals surface area contributed by atoms with E-state index in [1.807, 2.05) is 6.92 Å². The van der Waals surface area contributed by atoms with Crippen LogP contribution in [-0.4, -0.2) is 9.78 Å². The lowest BCUT2D eigenvalue weighted by atomic mass is 10.4. The molecule has 0 aliphatic carbocycles. The maximum Gasteiger partial charge on any atom is 0.425 e. The van der Waals surface area contributed by atoms with Gasteiger partial charge in [-0.25, -0.2) is 0 Å². The van der Waals surface area contributed by atoms with Crippen LogP contribution in [0.15, 0.2) is 6.20 Å². The first kappa shape index (κ1) is 5.76. The normalized spacial score (nSPS) is 9.00. The van der Waals surface area contributed by atoms with Crippen molar-refractivity contribution in [1.29, 1.82) is 5.39 Å². The van der Waals surface area contributed by atoms with Gasteiger partial charge in [0.05, 0.1) is 0 Å². The Kier molecular flexibility index (Phi) is 1.19. The van der Waals surface area contributed by atoms with E-state index in [0.29, 0.717) is 5.69 Å². The lowest BCUT2D eigenvalue weighted by molar-refractivity contribution is 0.740. The molecule has 0 amide bonds. The summed E-state index contributed by atoms with van der Waals surface area (Å²) in [5, 5.41) is 12.2. The average molecular weight is 123 g/mol. The van der Waals surface area contributed by atoms with E-state index in [0.717, 1.165) is 5.69 Å². The van der Waals surface area contributed by atoms with E-state index in [-0.39, 0.29) is 0 Å². The number of diazo groups is 1. The van der Waals surface area contributed by atoms with E-state index in [1.54, 1.807) is 11.7 Å². The summed E-state index contributed by atoms with van der Waals surface area (Å²) in [4.78, 5) is 3.01. The van der Waals surface area contributed by atoms with Crippen LogP contribution >= 0.6 is 0 Å². The molecule has 1 aromatic heterocycles. The van der Waals surface area contributed by atoms with E-state index >= 15 is 0 Å². The monoisotopic (exact) mass is 123 g/mol. The number of nitrogens with zero attached hydrogens (tertiary/aromatic N) is 4. The summed E-state index contributed by atoms with van der Waals surface area (Å²) in [5.74, 6) is 0. The zero-order valence-corrected chi connectivity index (χ0v) is 5.37. The van der Waals surface area contributed by atoms with Crippen molar-refractivity contribution in [2.45, 2.75) is 6.92 Å². The third kappa shape index (κ3) is 0.765. The minimum Gasteiger partial charge on any atom is -0.264 e. The SMILES string of the molecule is Cc1c([N+]#N)cnn1C. The first-order valence-electron chi connectivity index (χ1n) is 2.59. The van der Waals surface area contributed by atoms with E-state index in [9.17, 15) is 0 Å². The molecule has 0 aliphatic rings. The van der Waals surface area contributed by atoms with Crippen molar-refractivity contribution < 1.29 is 0 Å². The number of aromatic nitrogens is 2. The van der Waals surface area contributed by atoms with Gasteiger partial charge in [-0.05, 0) is 6.92 Å². The van der Waals surface area contributed by atoms with E-state index in [2.05, 4.69) is 10.1 Å². The molecule has 4 nitrogen and oxygen atoms in total. The summed E-state index contributed by atoms with van der Waals surface area (Å²) < 4.78 is 1.65. The maximum absolute atomic E-state index is 8.30. The Bertz CT molecular complexity index is 254. The molecular weight excluding hydrogens is 116 g/mol. The lowest BCUT2D eigenvalue weighted by Gasteiger charge is -1.84. The molecule has 0 bridgehead atoms. The third-order valence-corrected chi connectivity index (χ3v) is 1.32. The Morgan fingerprint density at radius 2 is 2.44 bits per heavy atom. The van der Waals surface area contributed by atoms with Crippen molar-refractivity contribution in [3.8, 4) is 0 Å². The smallest absolute Gasteiger partial charge is 0.264 e. The van der Waals surface area contributed by atoms with Crippen molar-refractivity contribution in [2.24, 2.45) is 7.05 Å². The van der Waals surface area contributed by atoms with Gasteiger partial charge in [0, 0.05) is 7.05 Å². The summed E-state index contributed by atoms with van der Waals surface area (Å²) in [5.41, 5.74) is 1.38. The predicted molar refractivity (Wildman–Crippen MR) is 32.7 cm³/mol. The summed E-state index contributed by atoms with van der Waals surface area (Å²) in [6.45, 7) is 1.84. The molecule has 1 aromatic rings. The number of hydrogen-bond acceptors (Lipinski definition) is 2. The Hall–Kier alpha value is -1.37. The Labute approximate surface area is 52.7 Å². The second kappa shape index (κ2) is 1.86. The van der Waals surface area contributed by atoms with Crippen LogP contribution in [0.1, 0.15) is 5.69 Å². The summed E-state index contributed by atoms with van der Waals surface area (Å²) in [6.07, 6.45) is 1.51. The molecule has 0 fully saturated rings. The van der Waals surface area contributed by atoms with Crippen LogP contribution in [0, 0.1) is 12.3 Å². The quantitative estimate of drug-likeness (QED) is 0.487. The van der Waals surface area contributed by atoms with Crippen LogP contribution < -0.4 is 0 Å². The van der Waals surface area contributed by atoms with Gasteiger partial charge in [-0.1, -0.05) is 0 Å². The van der Waals surface area contributed by atoms with Crippen molar-refractivity contribution >= 4 is 5.69 Å². The third-order valence-electron chi connectivity index (χ3n) is 1.32. The van der Waals surface area contributed by atoms with Gasteiger partial charge in [0.25, 0.3) is 0 Å². The highest BCUT2D eigenvalue weighted by molar-refractivity contribution is 5.45. The number of hydrogen-bond donors (Lipinski definition) is 0. The molecule has 46 valence electrons. The zero-order chi connectivity index (χ0) is 6.85. The van der Waals surface area contributed by atoms with E-state index in [1.165, 1.54) is 6.20 Å². The van der Waals surface area contributed by atoms with Crippen molar-refractivity contribution in [1.82, 2.24) is 9.78 Å². The van der Waals surface area contributed by atoms with Gasteiger partial charge in [0.2, 0.25) is 5.39 Å². The number of aryl methyl sites for hydroxylation is 1. The summed E-state index contributed by atoms with van der Waals surface area (Å²) >= 11 is 0. The second-order valence-corrected chi connectivity index (χ2v) is 1.84. The van der Waals surface area contributed by atoms with Crippen molar-refractivity contribution in [2.75, 3.05) is 0 Å². The van der Waals surface area contributed by atoms with Gasteiger partial charge in [-0.15, -0.1) is 0 Å². The molecule has 0 atom stereocenters. The molecule has 0 N–H and O–H groups in total. The zero-order valence-electron chi connectivity index (χ0n) is 5.37. The van der Waals surface area contributed by atoms with Gasteiger partial charge in [-0.2, -0.15) is 5.10 Å². The molecule has 0 radical (unpaired) electrons. The standard InChI is InChI=1S/C5H7N4/c1-4-5(8-6)3-7-9(4)2/h3H,1-2H3/q+1. The van der Waals surface area contributed by atoms with Gasteiger partial charge >= 0.3 is 5.69 Å². The van der Waals surface area contributed by atoms with E-state index < -0.39 is 0 Å². The Morgan fingerprint density at radius 1 is 1.78 bits per heavy atom. The fourth-order valence-electron chi connectivity index (χ4n) is 0.585. The number of rotatable bonds is 0. The minimum absolute atomic E-state index is 0.525. The van der Waals surface area contributed by atoms with Gasteiger partial charge < -0.3 is 0 Å². The molecule has 4 heteroatoms. The molecule has 9 heavy (non-hydrogen) atoms. The molecular formula is C5H7N4+. The van der Waals surface area contributed by atoms with Crippen LogP contribution in [0.4, 0.5) is 5.69 Å². The second-order valence-electron chi connectivity index (χ2n) is 1.84. The van der Waals surface area contributed by atoms with Crippen LogP contribution in [-0.2, 0) is 7.05 Å². The fourth-order valence-corrected chi connectivity index (χ4v) is 0.585. The summed E-state index contributed by atoms with van der Waals surface area (Å²) in [7, 11) is 1.80.